The molecule has 1 rings (SSSR count). The van der Waals surface area contributed by atoms with Gasteiger partial charge in [-0.05, 0) is 33.3 Å². The molecule has 1 amide bonds. The summed E-state index contributed by atoms with van der Waals surface area (Å²) in [5.41, 5.74) is 1.10. The first kappa shape index (κ1) is 17.5. The maximum atomic E-state index is 12.4. The summed E-state index contributed by atoms with van der Waals surface area (Å²) < 4.78 is 5.42. The summed E-state index contributed by atoms with van der Waals surface area (Å²) in [7, 11) is 1.68. The Bertz CT molecular complexity index is 444. The number of nitrogens with one attached hydrogen (secondary N) is 1. The Balaban J connectivity index is 2.84. The minimum atomic E-state index is -0.209. The first-order valence-corrected chi connectivity index (χ1v) is 7.76. The molecule has 1 aromatic carbocycles. The van der Waals surface area contributed by atoms with Crippen molar-refractivity contribution in [2.24, 2.45) is 0 Å². The van der Waals surface area contributed by atoms with Crippen molar-refractivity contribution in [3.8, 4) is 5.75 Å². The molecular formula is C17H28N2O2. The molecule has 0 aromatic heterocycles. The third-order valence-electron chi connectivity index (χ3n) is 3.82. The summed E-state index contributed by atoms with van der Waals surface area (Å²) in [6, 6.07) is 7.86. The van der Waals surface area contributed by atoms with E-state index in [1.807, 2.05) is 43.9 Å². The summed E-state index contributed by atoms with van der Waals surface area (Å²) >= 11 is 0. The highest BCUT2D eigenvalue weighted by Crippen LogP contribution is 2.27. The van der Waals surface area contributed by atoms with Gasteiger partial charge in [0.25, 0.3) is 0 Å². The predicted molar refractivity (Wildman–Crippen MR) is 86.6 cm³/mol. The Hall–Kier alpha value is -1.55. The van der Waals surface area contributed by atoms with E-state index in [9.17, 15) is 4.79 Å². The van der Waals surface area contributed by atoms with Gasteiger partial charge in [0.15, 0.2) is 0 Å². The lowest BCUT2D eigenvalue weighted by Gasteiger charge is -2.27. The number of hydrogen-bond donors (Lipinski definition) is 1. The highest BCUT2D eigenvalue weighted by Gasteiger charge is 2.22. The van der Waals surface area contributed by atoms with Gasteiger partial charge in [0.05, 0.1) is 13.2 Å². The minimum Gasteiger partial charge on any atom is -0.496 e. The number of carbonyl (C=O) groups is 1. The van der Waals surface area contributed by atoms with E-state index >= 15 is 0 Å². The standard InChI is InChI=1S/C17H28N2O2/c1-6-15(14-11-9-10-12-16(14)21-5)18-13(4)17(20)19(7-2)8-3/h9-13,15,18H,6-8H2,1-5H3. The Morgan fingerprint density at radius 1 is 1.24 bits per heavy atom. The van der Waals surface area contributed by atoms with Crippen molar-refractivity contribution in [1.29, 1.82) is 0 Å². The molecule has 1 N–H and O–H groups in total. The Morgan fingerprint density at radius 3 is 2.38 bits per heavy atom. The predicted octanol–water partition coefficient (Wildman–Crippen LogP) is 2.99. The van der Waals surface area contributed by atoms with Crippen LogP contribution in [0.15, 0.2) is 24.3 Å². The molecule has 0 aliphatic heterocycles. The monoisotopic (exact) mass is 292 g/mol. The van der Waals surface area contributed by atoms with Gasteiger partial charge in [-0.15, -0.1) is 0 Å². The summed E-state index contributed by atoms with van der Waals surface area (Å²) in [6.07, 6.45) is 0.899. The first-order chi connectivity index (χ1) is 10.1. The number of ether oxygens (including phenoxy) is 1. The summed E-state index contributed by atoms with van der Waals surface area (Å²) in [6.45, 7) is 9.54. The lowest BCUT2D eigenvalue weighted by molar-refractivity contribution is -0.132. The molecule has 0 spiro atoms. The van der Waals surface area contributed by atoms with Crippen LogP contribution in [0.3, 0.4) is 0 Å². The van der Waals surface area contributed by atoms with Crippen molar-refractivity contribution in [1.82, 2.24) is 10.2 Å². The van der Waals surface area contributed by atoms with Crippen LogP contribution in [0.4, 0.5) is 0 Å². The second kappa shape index (κ2) is 8.67. The number of para-hydroxylation sites is 1. The van der Waals surface area contributed by atoms with Crippen LogP contribution in [-0.4, -0.2) is 37.0 Å². The second-order valence-corrected chi connectivity index (χ2v) is 5.10. The van der Waals surface area contributed by atoms with Crippen molar-refractivity contribution in [3.05, 3.63) is 29.8 Å². The van der Waals surface area contributed by atoms with Crippen LogP contribution in [0.5, 0.6) is 5.75 Å². The van der Waals surface area contributed by atoms with Gasteiger partial charge in [-0.25, -0.2) is 0 Å². The average molecular weight is 292 g/mol. The van der Waals surface area contributed by atoms with Gasteiger partial charge >= 0.3 is 0 Å². The average Bonchev–Trinajstić information content (AvgIpc) is 2.53. The third kappa shape index (κ3) is 4.46. The molecule has 0 radical (unpaired) electrons. The molecule has 0 aliphatic carbocycles. The zero-order valence-electron chi connectivity index (χ0n) is 13.8. The van der Waals surface area contributed by atoms with E-state index in [2.05, 4.69) is 18.3 Å². The summed E-state index contributed by atoms with van der Waals surface area (Å²) in [4.78, 5) is 14.2. The number of carbonyl (C=O) groups excluding carboxylic acids is 1. The van der Waals surface area contributed by atoms with E-state index in [0.29, 0.717) is 0 Å². The fourth-order valence-corrected chi connectivity index (χ4v) is 2.56. The molecule has 0 aliphatic rings. The van der Waals surface area contributed by atoms with Gasteiger partial charge in [0, 0.05) is 24.7 Å². The van der Waals surface area contributed by atoms with Crippen molar-refractivity contribution >= 4 is 5.91 Å². The van der Waals surface area contributed by atoms with Crippen molar-refractivity contribution < 1.29 is 9.53 Å². The first-order valence-electron chi connectivity index (χ1n) is 7.76. The molecular weight excluding hydrogens is 264 g/mol. The Kier molecular flexibility index (Phi) is 7.23. The molecule has 0 saturated carbocycles. The smallest absolute Gasteiger partial charge is 0.239 e. The number of likely N-dealkylation sites (N-methyl/N-ethyl adjacent to an activating group) is 1. The van der Waals surface area contributed by atoms with Gasteiger partial charge < -0.3 is 9.64 Å². The topological polar surface area (TPSA) is 41.6 Å². The zero-order chi connectivity index (χ0) is 15.8. The maximum absolute atomic E-state index is 12.4. The van der Waals surface area contributed by atoms with Crippen LogP contribution in [0.1, 0.15) is 45.7 Å². The van der Waals surface area contributed by atoms with Gasteiger partial charge in [-0.1, -0.05) is 25.1 Å². The molecule has 1 aromatic rings. The number of amides is 1. The Morgan fingerprint density at radius 2 is 1.86 bits per heavy atom. The van der Waals surface area contributed by atoms with Crippen LogP contribution in [0, 0.1) is 0 Å². The fraction of sp³-hybridized carbons (Fsp3) is 0.588. The fourth-order valence-electron chi connectivity index (χ4n) is 2.56. The lowest BCUT2D eigenvalue weighted by Crippen LogP contribution is -2.45. The highest BCUT2D eigenvalue weighted by molar-refractivity contribution is 5.81. The van der Waals surface area contributed by atoms with Crippen LogP contribution in [-0.2, 0) is 4.79 Å². The minimum absolute atomic E-state index is 0.107. The molecule has 4 heteroatoms. The quantitative estimate of drug-likeness (QED) is 0.801. The van der Waals surface area contributed by atoms with Crippen molar-refractivity contribution in [2.75, 3.05) is 20.2 Å². The molecule has 2 atom stereocenters. The SMILES string of the molecule is CCC(NC(C)C(=O)N(CC)CC)c1ccccc1OC. The van der Waals surface area contributed by atoms with Crippen LogP contribution in [0.25, 0.3) is 0 Å². The Labute approximate surface area is 128 Å². The molecule has 21 heavy (non-hydrogen) atoms. The third-order valence-corrected chi connectivity index (χ3v) is 3.82. The van der Waals surface area contributed by atoms with E-state index in [-0.39, 0.29) is 18.0 Å². The number of nitrogens with zero attached hydrogens (tertiary/aromatic N) is 1. The van der Waals surface area contributed by atoms with Gasteiger partial charge in [0.2, 0.25) is 5.91 Å². The molecule has 0 fully saturated rings. The van der Waals surface area contributed by atoms with Crippen molar-refractivity contribution in [3.63, 3.8) is 0 Å². The second-order valence-electron chi connectivity index (χ2n) is 5.10. The molecule has 118 valence electrons. The van der Waals surface area contributed by atoms with Gasteiger partial charge in [0.1, 0.15) is 5.75 Å². The van der Waals surface area contributed by atoms with E-state index in [4.69, 9.17) is 4.74 Å². The molecule has 0 saturated heterocycles. The summed E-state index contributed by atoms with van der Waals surface area (Å²) in [5, 5.41) is 3.44. The van der Waals surface area contributed by atoms with E-state index in [1.165, 1.54) is 0 Å². The number of benzene rings is 1. The van der Waals surface area contributed by atoms with E-state index in [0.717, 1.165) is 30.8 Å². The van der Waals surface area contributed by atoms with Gasteiger partial charge in [-0.2, -0.15) is 0 Å². The van der Waals surface area contributed by atoms with Crippen molar-refractivity contribution in [2.45, 2.75) is 46.2 Å². The van der Waals surface area contributed by atoms with Gasteiger partial charge in [-0.3, -0.25) is 10.1 Å². The molecule has 2 unspecified atom stereocenters. The van der Waals surface area contributed by atoms with E-state index in [1.54, 1.807) is 7.11 Å². The van der Waals surface area contributed by atoms with Crippen LogP contribution >= 0.6 is 0 Å². The lowest BCUT2D eigenvalue weighted by atomic mass is 10.0. The van der Waals surface area contributed by atoms with Crippen LogP contribution in [0.2, 0.25) is 0 Å². The van der Waals surface area contributed by atoms with E-state index < -0.39 is 0 Å². The maximum Gasteiger partial charge on any atom is 0.239 e. The normalized spacial score (nSPS) is 13.6. The molecule has 0 heterocycles. The highest BCUT2D eigenvalue weighted by atomic mass is 16.5. The molecule has 0 bridgehead atoms. The largest absolute Gasteiger partial charge is 0.496 e. The number of methoxy groups -OCH3 is 1. The van der Waals surface area contributed by atoms with Crippen LogP contribution < -0.4 is 10.1 Å². The summed E-state index contributed by atoms with van der Waals surface area (Å²) in [5.74, 6) is 1.01. The number of hydrogen-bond acceptors (Lipinski definition) is 3. The zero-order valence-corrected chi connectivity index (χ0v) is 13.8. The number of rotatable bonds is 8. The molecule has 4 nitrogen and oxygen atoms in total.